The Labute approximate surface area is 212 Å². The molecule has 13 heteroatoms. The van der Waals surface area contributed by atoms with Crippen LogP contribution >= 0.6 is 22.9 Å². The van der Waals surface area contributed by atoms with Gasteiger partial charge in [-0.3, -0.25) is 9.59 Å². The number of rotatable bonds is 6. The van der Waals surface area contributed by atoms with E-state index in [4.69, 9.17) is 11.6 Å². The number of anilines is 1. The molecule has 0 aliphatic heterocycles. The summed E-state index contributed by atoms with van der Waals surface area (Å²) in [6, 6.07) is 7.32. The molecule has 0 unspecified atom stereocenters. The van der Waals surface area contributed by atoms with E-state index in [0.29, 0.717) is 22.5 Å². The molecule has 36 heavy (non-hydrogen) atoms. The van der Waals surface area contributed by atoms with E-state index in [-0.39, 0.29) is 16.6 Å². The Bertz CT molecular complexity index is 1420. The van der Waals surface area contributed by atoms with Crippen LogP contribution in [0.1, 0.15) is 49.3 Å². The second-order valence-corrected chi connectivity index (χ2v) is 9.16. The van der Waals surface area contributed by atoms with E-state index in [9.17, 15) is 22.8 Å². The molecular formula is C23H18ClF3N6O2S. The lowest BCUT2D eigenvalue weighted by molar-refractivity contribution is -0.137. The molecule has 2 amide bonds. The van der Waals surface area contributed by atoms with Gasteiger partial charge in [0.15, 0.2) is 0 Å². The number of aromatic nitrogens is 4. The number of alkyl halides is 3. The van der Waals surface area contributed by atoms with E-state index in [2.05, 4.69) is 25.6 Å². The Kier molecular flexibility index (Phi) is 7.09. The van der Waals surface area contributed by atoms with E-state index in [0.717, 1.165) is 23.2 Å². The summed E-state index contributed by atoms with van der Waals surface area (Å²) in [6.07, 6.45) is 0.737. The van der Waals surface area contributed by atoms with Gasteiger partial charge in [0.2, 0.25) is 0 Å². The maximum Gasteiger partial charge on any atom is 0.418 e. The quantitative estimate of drug-likeness (QED) is 0.342. The van der Waals surface area contributed by atoms with E-state index >= 15 is 0 Å². The number of nitrogens with one attached hydrogen (secondary N) is 2. The number of halogens is 4. The number of aryl methyl sites for hydroxylation is 1. The normalized spacial score (nSPS) is 12.3. The number of hydrogen-bond donors (Lipinski definition) is 2. The zero-order valence-corrected chi connectivity index (χ0v) is 20.4. The highest BCUT2D eigenvalue weighted by atomic mass is 35.5. The third-order valence-electron chi connectivity index (χ3n) is 5.04. The molecule has 0 spiro atoms. The van der Waals surface area contributed by atoms with Crippen LogP contribution in [0, 0.1) is 6.92 Å². The number of hydrogen-bond acceptors (Lipinski definition) is 6. The van der Waals surface area contributed by atoms with Crippen molar-refractivity contribution in [1.82, 2.24) is 24.8 Å². The van der Waals surface area contributed by atoms with Crippen LogP contribution in [0.4, 0.5) is 19.0 Å². The SMILES string of the molecule is Cc1cc(C(=O)N[C@H](C)c2ncc(C(=O)Nc3cc(C(F)(F)F)c(Cl)cn3)s2)cn1-c1ccccn1. The Morgan fingerprint density at radius 3 is 2.58 bits per heavy atom. The van der Waals surface area contributed by atoms with Crippen LogP contribution in [0.2, 0.25) is 5.02 Å². The zero-order valence-electron chi connectivity index (χ0n) is 18.8. The second-order valence-electron chi connectivity index (χ2n) is 7.69. The van der Waals surface area contributed by atoms with Gasteiger partial charge in [-0.25, -0.2) is 15.0 Å². The van der Waals surface area contributed by atoms with Gasteiger partial charge < -0.3 is 15.2 Å². The van der Waals surface area contributed by atoms with Crippen molar-refractivity contribution in [2.75, 3.05) is 5.32 Å². The Morgan fingerprint density at radius 1 is 1.11 bits per heavy atom. The summed E-state index contributed by atoms with van der Waals surface area (Å²) in [6.45, 7) is 3.56. The summed E-state index contributed by atoms with van der Waals surface area (Å²) in [5, 5.41) is 5.00. The highest BCUT2D eigenvalue weighted by molar-refractivity contribution is 7.13. The topological polar surface area (TPSA) is 102 Å². The molecule has 0 aliphatic carbocycles. The van der Waals surface area contributed by atoms with Crippen LogP contribution in [0.3, 0.4) is 0 Å². The lowest BCUT2D eigenvalue weighted by atomic mass is 10.2. The van der Waals surface area contributed by atoms with Crippen molar-refractivity contribution in [3.05, 3.63) is 86.8 Å². The summed E-state index contributed by atoms with van der Waals surface area (Å²) in [5.74, 6) is -0.661. The molecule has 4 rings (SSSR count). The molecule has 8 nitrogen and oxygen atoms in total. The average molecular weight is 535 g/mol. The molecule has 4 heterocycles. The van der Waals surface area contributed by atoms with Gasteiger partial charge in [-0.05, 0) is 38.1 Å². The van der Waals surface area contributed by atoms with Crippen LogP contribution in [-0.4, -0.2) is 31.3 Å². The molecule has 4 aromatic heterocycles. The van der Waals surface area contributed by atoms with Crippen LogP contribution in [0.25, 0.3) is 5.82 Å². The Hall–Kier alpha value is -3.77. The van der Waals surface area contributed by atoms with E-state index in [1.54, 1.807) is 36.0 Å². The lowest BCUT2D eigenvalue weighted by Crippen LogP contribution is -2.26. The predicted molar refractivity (Wildman–Crippen MR) is 128 cm³/mol. The second kappa shape index (κ2) is 10.1. The molecule has 186 valence electrons. The van der Waals surface area contributed by atoms with Crippen molar-refractivity contribution in [3.63, 3.8) is 0 Å². The minimum Gasteiger partial charge on any atom is -0.343 e. The van der Waals surface area contributed by atoms with Crippen molar-refractivity contribution in [3.8, 4) is 5.82 Å². The number of carbonyl (C=O) groups excluding carboxylic acids is 2. The van der Waals surface area contributed by atoms with Crippen molar-refractivity contribution < 1.29 is 22.8 Å². The summed E-state index contributed by atoms with van der Waals surface area (Å²) in [4.78, 5) is 37.6. The lowest BCUT2D eigenvalue weighted by Gasteiger charge is -2.11. The van der Waals surface area contributed by atoms with Gasteiger partial charge in [-0.15, -0.1) is 11.3 Å². The molecule has 0 radical (unpaired) electrons. The van der Waals surface area contributed by atoms with Crippen LogP contribution in [-0.2, 0) is 6.18 Å². The number of pyridine rings is 2. The maximum atomic E-state index is 13.0. The van der Waals surface area contributed by atoms with Gasteiger partial charge in [-0.2, -0.15) is 13.2 Å². The van der Waals surface area contributed by atoms with E-state index < -0.39 is 28.7 Å². The molecule has 0 bridgehead atoms. The van der Waals surface area contributed by atoms with Gasteiger partial charge in [0, 0.05) is 24.3 Å². The summed E-state index contributed by atoms with van der Waals surface area (Å²) < 4.78 is 40.9. The van der Waals surface area contributed by atoms with Gasteiger partial charge in [0.05, 0.1) is 28.4 Å². The third kappa shape index (κ3) is 5.55. The summed E-state index contributed by atoms with van der Waals surface area (Å²) in [7, 11) is 0. The Morgan fingerprint density at radius 2 is 1.89 bits per heavy atom. The Balaban J connectivity index is 1.43. The highest BCUT2D eigenvalue weighted by Gasteiger charge is 2.34. The van der Waals surface area contributed by atoms with Crippen LogP contribution in [0.15, 0.2) is 55.1 Å². The van der Waals surface area contributed by atoms with Gasteiger partial charge in [-0.1, -0.05) is 17.7 Å². The fraction of sp³-hybridized carbons (Fsp3) is 0.174. The van der Waals surface area contributed by atoms with Gasteiger partial charge >= 0.3 is 6.18 Å². The molecule has 0 saturated carbocycles. The first-order valence-corrected chi connectivity index (χ1v) is 11.6. The standard InChI is InChI=1S/C23H18ClF3N6O2S/c1-12-7-14(11-33(12)19-5-3-4-6-28-19)20(34)31-13(2)22-30-10-17(36-22)21(35)32-18-8-15(23(25,26)27)16(24)9-29-18/h3-11,13H,1-2H3,(H,31,34)(H,29,32,35)/t13-/m1/s1. The monoisotopic (exact) mass is 534 g/mol. The van der Waals surface area contributed by atoms with Crippen LogP contribution < -0.4 is 10.6 Å². The first-order chi connectivity index (χ1) is 17.0. The molecular weight excluding hydrogens is 517 g/mol. The predicted octanol–water partition coefficient (Wildman–Crippen LogP) is 5.45. The van der Waals surface area contributed by atoms with Gasteiger partial charge in [0.25, 0.3) is 11.8 Å². The average Bonchev–Trinajstić information content (AvgIpc) is 3.48. The molecule has 1 atom stereocenters. The van der Waals surface area contributed by atoms with Crippen molar-refractivity contribution >= 4 is 40.6 Å². The van der Waals surface area contributed by atoms with E-state index in [1.165, 1.54) is 6.20 Å². The highest BCUT2D eigenvalue weighted by Crippen LogP contribution is 2.35. The number of nitrogens with zero attached hydrogens (tertiary/aromatic N) is 4. The fourth-order valence-electron chi connectivity index (χ4n) is 3.28. The molecule has 0 fully saturated rings. The molecule has 0 aliphatic rings. The first kappa shape index (κ1) is 25.3. The zero-order chi connectivity index (χ0) is 26.0. The molecule has 0 aromatic carbocycles. The minimum atomic E-state index is -4.69. The largest absolute Gasteiger partial charge is 0.418 e. The van der Waals surface area contributed by atoms with Crippen LogP contribution in [0.5, 0.6) is 0 Å². The smallest absolute Gasteiger partial charge is 0.343 e. The minimum absolute atomic E-state index is 0.133. The summed E-state index contributed by atoms with van der Waals surface area (Å²) in [5.41, 5.74) is 0.140. The van der Waals surface area contributed by atoms with Crippen molar-refractivity contribution in [2.24, 2.45) is 0 Å². The third-order valence-corrected chi connectivity index (χ3v) is 6.52. The number of carbonyl (C=O) groups is 2. The van der Waals surface area contributed by atoms with Crippen molar-refractivity contribution in [1.29, 1.82) is 0 Å². The maximum absolute atomic E-state index is 13.0. The number of amides is 2. The molecule has 4 aromatic rings. The van der Waals surface area contributed by atoms with E-state index in [1.807, 2.05) is 19.1 Å². The molecule has 0 saturated heterocycles. The van der Waals surface area contributed by atoms with Crippen molar-refractivity contribution in [2.45, 2.75) is 26.1 Å². The van der Waals surface area contributed by atoms with Gasteiger partial charge in [0.1, 0.15) is 21.5 Å². The summed E-state index contributed by atoms with van der Waals surface area (Å²) >= 11 is 6.55. The molecule has 2 N–H and O–H groups in total. The fourth-order valence-corrected chi connectivity index (χ4v) is 4.30. The first-order valence-electron chi connectivity index (χ1n) is 10.4. The number of thiazole rings is 1.